The van der Waals surface area contributed by atoms with Crippen LogP contribution in [0.15, 0.2) is 103 Å². The standard InChI is InChI=1S/C35H29N5O5/c1-43-32-17-27-30(18-33(32)44-2)37-15-14-31(27)45-24-12-13-25-21(16-24)6-5-7-26(25)35(42)39-20-23-11-10-22(19-38-23)34(41)40-29-9-4-3-8-28(29)36/h3-19H,20,36H2,1-2H3,(H,39,42)(H,40,41). The van der Waals surface area contributed by atoms with Gasteiger partial charge < -0.3 is 30.6 Å². The molecule has 0 aliphatic carbocycles. The summed E-state index contributed by atoms with van der Waals surface area (Å²) in [6.45, 7) is 0.188. The summed E-state index contributed by atoms with van der Waals surface area (Å²) >= 11 is 0. The summed E-state index contributed by atoms with van der Waals surface area (Å²) in [5.41, 5.74) is 9.11. The van der Waals surface area contributed by atoms with Crippen molar-refractivity contribution in [3.8, 4) is 23.0 Å². The van der Waals surface area contributed by atoms with E-state index in [2.05, 4.69) is 20.6 Å². The Bertz CT molecular complexity index is 2050. The lowest BCUT2D eigenvalue weighted by molar-refractivity contribution is 0.0950. The molecule has 0 atom stereocenters. The first-order valence-electron chi connectivity index (χ1n) is 14.0. The molecule has 0 radical (unpaired) electrons. The smallest absolute Gasteiger partial charge is 0.257 e. The number of aromatic nitrogens is 2. The van der Waals surface area contributed by atoms with E-state index in [-0.39, 0.29) is 18.4 Å². The third-order valence-electron chi connectivity index (χ3n) is 7.26. The molecule has 6 aromatic rings. The Morgan fingerprint density at radius 1 is 0.778 bits per heavy atom. The van der Waals surface area contributed by atoms with Crippen molar-refractivity contribution in [2.24, 2.45) is 0 Å². The van der Waals surface area contributed by atoms with Crippen LogP contribution in [-0.2, 0) is 6.54 Å². The molecule has 2 heterocycles. The molecule has 6 rings (SSSR count). The number of pyridine rings is 2. The van der Waals surface area contributed by atoms with E-state index in [0.29, 0.717) is 56.7 Å². The van der Waals surface area contributed by atoms with Gasteiger partial charge in [-0.15, -0.1) is 0 Å². The fourth-order valence-electron chi connectivity index (χ4n) is 4.92. The largest absolute Gasteiger partial charge is 0.493 e. The number of hydrogen-bond donors (Lipinski definition) is 3. The molecule has 10 nitrogen and oxygen atoms in total. The number of carbonyl (C=O) groups is 2. The van der Waals surface area contributed by atoms with Crippen molar-refractivity contribution in [1.82, 2.24) is 15.3 Å². The second-order valence-electron chi connectivity index (χ2n) is 10.1. The molecule has 2 aromatic heterocycles. The average Bonchev–Trinajstić information content (AvgIpc) is 3.07. The quantitative estimate of drug-likeness (QED) is 0.163. The number of nitrogens with one attached hydrogen (secondary N) is 2. The lowest BCUT2D eigenvalue weighted by atomic mass is 10.0. The number of nitrogen functional groups attached to an aromatic ring is 1. The number of nitrogens with zero attached hydrogens (tertiary/aromatic N) is 2. The van der Waals surface area contributed by atoms with Crippen molar-refractivity contribution in [2.75, 3.05) is 25.3 Å². The zero-order chi connectivity index (χ0) is 31.3. The van der Waals surface area contributed by atoms with Crippen LogP contribution < -0.4 is 30.6 Å². The van der Waals surface area contributed by atoms with Crippen molar-refractivity contribution in [3.63, 3.8) is 0 Å². The maximum atomic E-state index is 13.2. The number of anilines is 2. The topological polar surface area (TPSA) is 138 Å². The third kappa shape index (κ3) is 6.16. The van der Waals surface area contributed by atoms with Gasteiger partial charge in [-0.05, 0) is 71.4 Å². The molecule has 0 fully saturated rings. The first kappa shape index (κ1) is 28.9. The third-order valence-corrected chi connectivity index (χ3v) is 7.26. The van der Waals surface area contributed by atoms with Crippen LogP contribution in [0.25, 0.3) is 21.7 Å². The Labute approximate surface area is 258 Å². The summed E-state index contributed by atoms with van der Waals surface area (Å²) in [5.74, 6) is 1.78. The van der Waals surface area contributed by atoms with Crippen molar-refractivity contribution in [3.05, 3.63) is 120 Å². The lowest BCUT2D eigenvalue weighted by Gasteiger charge is -2.13. The van der Waals surface area contributed by atoms with Gasteiger partial charge in [0.05, 0.1) is 48.9 Å². The van der Waals surface area contributed by atoms with Crippen LogP contribution in [0.4, 0.5) is 11.4 Å². The molecule has 0 spiro atoms. The number of nitrogens with two attached hydrogens (primary N) is 1. The highest BCUT2D eigenvalue weighted by molar-refractivity contribution is 6.07. The van der Waals surface area contributed by atoms with Crippen LogP contribution in [0.5, 0.6) is 23.0 Å². The van der Waals surface area contributed by atoms with Crippen molar-refractivity contribution in [1.29, 1.82) is 0 Å². The maximum Gasteiger partial charge on any atom is 0.257 e. The predicted molar refractivity (Wildman–Crippen MR) is 173 cm³/mol. The van der Waals surface area contributed by atoms with Gasteiger partial charge in [0.25, 0.3) is 11.8 Å². The Hall–Kier alpha value is -6.16. The molecule has 0 unspecified atom stereocenters. The summed E-state index contributed by atoms with van der Waals surface area (Å²) in [6, 6.07) is 26.9. The molecule has 4 N–H and O–H groups in total. The van der Waals surface area contributed by atoms with E-state index >= 15 is 0 Å². The molecular weight excluding hydrogens is 570 g/mol. The molecule has 224 valence electrons. The highest BCUT2D eigenvalue weighted by atomic mass is 16.5. The highest BCUT2D eigenvalue weighted by Gasteiger charge is 2.14. The highest BCUT2D eigenvalue weighted by Crippen LogP contribution is 2.37. The van der Waals surface area contributed by atoms with E-state index in [1.807, 2.05) is 36.4 Å². The van der Waals surface area contributed by atoms with Crippen LogP contribution in [-0.4, -0.2) is 36.0 Å². The van der Waals surface area contributed by atoms with Gasteiger partial charge in [0.15, 0.2) is 11.5 Å². The molecule has 0 saturated heterocycles. The molecule has 45 heavy (non-hydrogen) atoms. The summed E-state index contributed by atoms with van der Waals surface area (Å²) < 4.78 is 17.1. The first-order chi connectivity index (χ1) is 21.9. The van der Waals surface area contributed by atoms with E-state index in [1.54, 1.807) is 75.0 Å². The molecular formula is C35H29N5O5. The fraction of sp³-hybridized carbons (Fsp3) is 0.0857. The number of para-hydroxylation sites is 2. The Morgan fingerprint density at radius 2 is 1.60 bits per heavy atom. The molecule has 10 heteroatoms. The minimum Gasteiger partial charge on any atom is -0.493 e. The van der Waals surface area contributed by atoms with Gasteiger partial charge in [0, 0.05) is 29.4 Å². The van der Waals surface area contributed by atoms with Gasteiger partial charge in [-0.25, -0.2) is 0 Å². The second kappa shape index (κ2) is 12.6. The van der Waals surface area contributed by atoms with E-state index in [4.69, 9.17) is 19.9 Å². The normalized spacial score (nSPS) is 10.8. The number of rotatable bonds is 9. The molecule has 0 aliphatic heterocycles. The summed E-state index contributed by atoms with van der Waals surface area (Å²) in [5, 5.41) is 8.07. The fourth-order valence-corrected chi connectivity index (χ4v) is 4.92. The van der Waals surface area contributed by atoms with Crippen LogP contribution in [0.3, 0.4) is 0 Å². The van der Waals surface area contributed by atoms with Crippen LogP contribution in [0.1, 0.15) is 26.4 Å². The van der Waals surface area contributed by atoms with Crippen LogP contribution >= 0.6 is 0 Å². The Kier molecular flexibility index (Phi) is 8.10. The zero-order valence-electron chi connectivity index (χ0n) is 24.5. The lowest BCUT2D eigenvalue weighted by Crippen LogP contribution is -2.23. The van der Waals surface area contributed by atoms with Crippen LogP contribution in [0, 0.1) is 0 Å². The second-order valence-corrected chi connectivity index (χ2v) is 10.1. The number of fused-ring (bicyclic) bond motifs is 2. The minimum absolute atomic E-state index is 0.188. The van der Waals surface area contributed by atoms with Gasteiger partial charge in [-0.3, -0.25) is 19.6 Å². The first-order valence-corrected chi connectivity index (χ1v) is 14.0. The van der Waals surface area contributed by atoms with Gasteiger partial charge in [0.2, 0.25) is 0 Å². The van der Waals surface area contributed by atoms with Gasteiger partial charge >= 0.3 is 0 Å². The van der Waals surface area contributed by atoms with Crippen molar-refractivity contribution in [2.45, 2.75) is 6.54 Å². The SMILES string of the molecule is COc1cc2nccc(Oc3ccc4c(C(=O)NCc5ccc(C(=O)Nc6ccccc6N)cn5)cccc4c3)c2cc1OC. The minimum atomic E-state index is -0.327. The Balaban J connectivity index is 1.14. The van der Waals surface area contributed by atoms with Crippen molar-refractivity contribution < 1.29 is 23.8 Å². The van der Waals surface area contributed by atoms with E-state index in [1.165, 1.54) is 6.20 Å². The van der Waals surface area contributed by atoms with Crippen LogP contribution in [0.2, 0.25) is 0 Å². The van der Waals surface area contributed by atoms with E-state index in [0.717, 1.165) is 16.2 Å². The monoisotopic (exact) mass is 599 g/mol. The molecule has 4 aromatic carbocycles. The van der Waals surface area contributed by atoms with Gasteiger partial charge in [-0.1, -0.05) is 24.3 Å². The summed E-state index contributed by atoms with van der Waals surface area (Å²) in [6.07, 6.45) is 3.14. The molecule has 0 aliphatic rings. The number of amides is 2. The number of ether oxygens (including phenoxy) is 3. The molecule has 0 saturated carbocycles. The van der Waals surface area contributed by atoms with Crippen molar-refractivity contribution >= 4 is 44.9 Å². The molecule has 0 bridgehead atoms. The Morgan fingerprint density at radius 3 is 2.38 bits per heavy atom. The summed E-state index contributed by atoms with van der Waals surface area (Å²) in [4.78, 5) is 34.6. The number of carbonyl (C=O) groups excluding carboxylic acids is 2. The zero-order valence-corrected chi connectivity index (χ0v) is 24.5. The van der Waals surface area contributed by atoms with E-state index < -0.39 is 0 Å². The maximum absolute atomic E-state index is 13.2. The predicted octanol–water partition coefficient (Wildman–Crippen LogP) is 6.36. The van der Waals surface area contributed by atoms with Gasteiger partial charge in [0.1, 0.15) is 11.5 Å². The number of benzene rings is 4. The number of hydrogen-bond acceptors (Lipinski definition) is 8. The van der Waals surface area contributed by atoms with Gasteiger partial charge in [-0.2, -0.15) is 0 Å². The number of methoxy groups -OCH3 is 2. The average molecular weight is 600 g/mol. The molecule has 2 amide bonds. The summed E-state index contributed by atoms with van der Waals surface area (Å²) in [7, 11) is 3.16. The van der Waals surface area contributed by atoms with E-state index in [9.17, 15) is 9.59 Å².